The van der Waals surface area contributed by atoms with E-state index < -0.39 is 24.3 Å². The van der Waals surface area contributed by atoms with Gasteiger partial charge in [-0.25, -0.2) is 9.18 Å². The number of nitrogens with one attached hydrogen (secondary N) is 2. The van der Waals surface area contributed by atoms with Crippen molar-refractivity contribution in [1.29, 1.82) is 0 Å². The Balaban J connectivity index is 2.05. The maximum Gasteiger partial charge on any atom is 0.341 e. The minimum Gasteiger partial charge on any atom is -0.452 e. The minimum atomic E-state index is -0.752. The van der Waals surface area contributed by atoms with Crippen molar-refractivity contribution in [3.63, 3.8) is 0 Å². The molecule has 2 rings (SSSR count). The third-order valence-corrected chi connectivity index (χ3v) is 4.77. The zero-order valence-electron chi connectivity index (χ0n) is 14.2. The number of ether oxygens (including phenoxy) is 1. The van der Waals surface area contributed by atoms with Crippen molar-refractivity contribution in [3.05, 3.63) is 45.0 Å². The molecule has 0 aliphatic heterocycles. The van der Waals surface area contributed by atoms with Crippen LogP contribution in [0.3, 0.4) is 0 Å². The summed E-state index contributed by atoms with van der Waals surface area (Å²) in [6.45, 7) is 4.23. The number of carbonyl (C=O) groups is 3. The SMILES string of the molecule is CC(=O)Nc1sc(C)c(C)c1C(=O)OCC(=O)Nc1cc(Cl)ccc1F. The van der Waals surface area contributed by atoms with Crippen LogP contribution < -0.4 is 10.6 Å². The average molecular weight is 399 g/mol. The lowest BCUT2D eigenvalue weighted by atomic mass is 10.1. The Morgan fingerprint density at radius 2 is 1.92 bits per heavy atom. The van der Waals surface area contributed by atoms with Gasteiger partial charge in [0.15, 0.2) is 6.61 Å². The van der Waals surface area contributed by atoms with Crippen molar-refractivity contribution in [2.45, 2.75) is 20.8 Å². The van der Waals surface area contributed by atoms with Gasteiger partial charge in [0, 0.05) is 16.8 Å². The van der Waals surface area contributed by atoms with Gasteiger partial charge in [-0.15, -0.1) is 11.3 Å². The molecule has 0 aliphatic carbocycles. The Bertz CT molecular complexity index is 882. The average Bonchev–Trinajstić information content (AvgIpc) is 2.82. The van der Waals surface area contributed by atoms with E-state index in [9.17, 15) is 18.8 Å². The van der Waals surface area contributed by atoms with Crippen LogP contribution in [0.5, 0.6) is 0 Å². The van der Waals surface area contributed by atoms with Crippen LogP contribution >= 0.6 is 22.9 Å². The molecule has 0 saturated carbocycles. The fourth-order valence-corrected chi connectivity index (χ4v) is 3.37. The van der Waals surface area contributed by atoms with Gasteiger partial charge >= 0.3 is 5.97 Å². The first kappa shape index (κ1) is 19.9. The molecule has 9 heteroatoms. The number of anilines is 2. The third-order valence-electron chi connectivity index (χ3n) is 3.42. The van der Waals surface area contributed by atoms with Gasteiger partial charge in [0.25, 0.3) is 5.91 Å². The van der Waals surface area contributed by atoms with Crippen LogP contribution in [0.1, 0.15) is 27.7 Å². The van der Waals surface area contributed by atoms with Gasteiger partial charge in [0.1, 0.15) is 10.8 Å². The van der Waals surface area contributed by atoms with Crippen molar-refractivity contribution in [3.8, 4) is 0 Å². The van der Waals surface area contributed by atoms with Crippen LogP contribution in [0, 0.1) is 19.7 Å². The summed E-state index contributed by atoms with van der Waals surface area (Å²) in [5, 5.41) is 5.47. The van der Waals surface area contributed by atoms with E-state index in [0.29, 0.717) is 10.6 Å². The molecule has 2 amide bonds. The summed E-state index contributed by atoms with van der Waals surface area (Å²) in [6.07, 6.45) is 0. The summed E-state index contributed by atoms with van der Waals surface area (Å²) in [4.78, 5) is 36.3. The van der Waals surface area contributed by atoms with E-state index in [1.54, 1.807) is 13.8 Å². The smallest absolute Gasteiger partial charge is 0.341 e. The van der Waals surface area contributed by atoms with E-state index in [4.69, 9.17) is 16.3 Å². The van der Waals surface area contributed by atoms with Gasteiger partial charge < -0.3 is 15.4 Å². The van der Waals surface area contributed by atoms with Gasteiger partial charge in [-0.3, -0.25) is 9.59 Å². The van der Waals surface area contributed by atoms with E-state index in [-0.39, 0.29) is 22.2 Å². The Hall–Kier alpha value is -2.45. The molecule has 1 heterocycles. The maximum atomic E-state index is 13.6. The molecule has 0 spiro atoms. The Kier molecular flexibility index (Phi) is 6.33. The number of esters is 1. The molecular formula is C17H16ClFN2O4S. The molecule has 0 fully saturated rings. The number of amides is 2. The van der Waals surface area contributed by atoms with Crippen LogP contribution in [0.4, 0.5) is 15.1 Å². The molecule has 138 valence electrons. The van der Waals surface area contributed by atoms with Crippen LogP contribution in [0.15, 0.2) is 18.2 Å². The second-order valence-electron chi connectivity index (χ2n) is 5.42. The molecule has 1 aromatic heterocycles. The highest BCUT2D eigenvalue weighted by molar-refractivity contribution is 7.16. The predicted octanol–water partition coefficient (Wildman–Crippen LogP) is 3.91. The second-order valence-corrected chi connectivity index (χ2v) is 7.08. The normalized spacial score (nSPS) is 10.3. The van der Waals surface area contributed by atoms with E-state index >= 15 is 0 Å². The van der Waals surface area contributed by atoms with Crippen molar-refractivity contribution < 1.29 is 23.5 Å². The predicted molar refractivity (Wildman–Crippen MR) is 98.4 cm³/mol. The number of carbonyl (C=O) groups excluding carboxylic acids is 3. The summed E-state index contributed by atoms with van der Waals surface area (Å²) in [6, 6.07) is 3.71. The fourth-order valence-electron chi connectivity index (χ4n) is 2.10. The Morgan fingerprint density at radius 1 is 1.23 bits per heavy atom. The first-order valence-electron chi connectivity index (χ1n) is 7.48. The topological polar surface area (TPSA) is 84.5 Å². The number of rotatable bonds is 5. The second kappa shape index (κ2) is 8.29. The van der Waals surface area contributed by atoms with E-state index in [2.05, 4.69) is 10.6 Å². The minimum absolute atomic E-state index is 0.111. The summed E-state index contributed by atoms with van der Waals surface area (Å²) < 4.78 is 18.6. The maximum absolute atomic E-state index is 13.6. The van der Waals surface area contributed by atoms with Gasteiger partial charge in [0.05, 0.1) is 11.3 Å². The molecule has 0 saturated heterocycles. The monoisotopic (exact) mass is 398 g/mol. The molecular weight excluding hydrogens is 383 g/mol. The fraction of sp³-hybridized carbons (Fsp3) is 0.235. The lowest BCUT2D eigenvalue weighted by molar-refractivity contribution is -0.119. The van der Waals surface area contributed by atoms with Crippen LogP contribution in [0.25, 0.3) is 0 Å². The van der Waals surface area contributed by atoms with E-state index in [1.807, 2.05) is 0 Å². The summed E-state index contributed by atoms with van der Waals surface area (Å²) in [7, 11) is 0. The van der Waals surface area contributed by atoms with E-state index in [1.165, 1.54) is 30.4 Å². The number of hydrogen-bond donors (Lipinski definition) is 2. The van der Waals surface area contributed by atoms with Crippen LogP contribution in [-0.4, -0.2) is 24.4 Å². The van der Waals surface area contributed by atoms with Crippen molar-refractivity contribution >= 4 is 51.4 Å². The highest BCUT2D eigenvalue weighted by Crippen LogP contribution is 2.33. The van der Waals surface area contributed by atoms with Crippen LogP contribution in [0.2, 0.25) is 5.02 Å². The first-order chi connectivity index (χ1) is 12.2. The van der Waals surface area contributed by atoms with Crippen molar-refractivity contribution in [1.82, 2.24) is 0 Å². The van der Waals surface area contributed by atoms with Gasteiger partial charge in [-0.05, 0) is 37.6 Å². The molecule has 0 bridgehead atoms. The Morgan fingerprint density at radius 3 is 2.58 bits per heavy atom. The lowest BCUT2D eigenvalue weighted by Crippen LogP contribution is -2.22. The highest BCUT2D eigenvalue weighted by atomic mass is 35.5. The molecule has 1 aromatic carbocycles. The lowest BCUT2D eigenvalue weighted by Gasteiger charge is -2.09. The number of thiophene rings is 1. The first-order valence-corrected chi connectivity index (χ1v) is 8.68. The largest absolute Gasteiger partial charge is 0.452 e. The molecule has 0 aliphatic rings. The van der Waals surface area contributed by atoms with Crippen molar-refractivity contribution in [2.24, 2.45) is 0 Å². The van der Waals surface area contributed by atoms with Gasteiger partial charge in [-0.2, -0.15) is 0 Å². The molecule has 0 atom stereocenters. The number of benzene rings is 1. The van der Waals surface area contributed by atoms with E-state index in [0.717, 1.165) is 10.9 Å². The summed E-state index contributed by atoms with van der Waals surface area (Å²) in [5.74, 6) is -2.46. The standard InChI is InChI=1S/C17H16ClFN2O4S/c1-8-9(2)26-16(20-10(3)22)15(8)17(24)25-7-14(23)21-13-6-11(18)4-5-12(13)19/h4-6H,7H2,1-3H3,(H,20,22)(H,21,23). The molecule has 26 heavy (non-hydrogen) atoms. The zero-order valence-corrected chi connectivity index (χ0v) is 15.8. The third kappa shape index (κ3) is 4.80. The van der Waals surface area contributed by atoms with Gasteiger partial charge in [-0.1, -0.05) is 11.6 Å². The van der Waals surface area contributed by atoms with Gasteiger partial charge in [0.2, 0.25) is 5.91 Å². The van der Waals surface area contributed by atoms with Crippen LogP contribution in [-0.2, 0) is 14.3 Å². The van der Waals surface area contributed by atoms with Crippen molar-refractivity contribution in [2.75, 3.05) is 17.2 Å². The zero-order chi connectivity index (χ0) is 19.4. The highest BCUT2D eigenvalue weighted by Gasteiger charge is 2.22. The molecule has 0 radical (unpaired) electrons. The summed E-state index contributed by atoms with van der Waals surface area (Å²) >= 11 is 6.99. The number of aryl methyl sites for hydroxylation is 1. The molecule has 2 aromatic rings. The number of hydrogen-bond acceptors (Lipinski definition) is 5. The summed E-state index contributed by atoms with van der Waals surface area (Å²) in [5.41, 5.74) is 0.745. The molecule has 6 nitrogen and oxygen atoms in total. The Labute approximate surface area is 158 Å². The number of halogens is 2. The quantitative estimate of drug-likeness (QED) is 0.748. The molecule has 0 unspecified atom stereocenters. The molecule has 2 N–H and O–H groups in total.